The van der Waals surface area contributed by atoms with Crippen molar-refractivity contribution in [1.29, 1.82) is 0 Å². The van der Waals surface area contributed by atoms with Crippen molar-refractivity contribution >= 4 is 12.0 Å². The van der Waals surface area contributed by atoms with Crippen LogP contribution in [0.2, 0.25) is 0 Å². The number of benzene rings is 1. The molecule has 0 aliphatic rings. The van der Waals surface area contributed by atoms with Crippen molar-refractivity contribution in [3.63, 3.8) is 0 Å². The van der Waals surface area contributed by atoms with Crippen LogP contribution in [0.25, 0.3) is 23.0 Å². The van der Waals surface area contributed by atoms with E-state index in [9.17, 15) is 4.79 Å². The van der Waals surface area contributed by atoms with Crippen LogP contribution in [-0.2, 0) is 4.79 Å². The number of rotatable bonds is 8. The van der Waals surface area contributed by atoms with E-state index in [2.05, 4.69) is 11.9 Å². The Labute approximate surface area is 166 Å². The lowest BCUT2D eigenvalue weighted by atomic mass is 10.1. The molecule has 0 radical (unpaired) electrons. The van der Waals surface area contributed by atoms with Crippen LogP contribution in [-0.4, -0.2) is 38.7 Å². The smallest absolute Gasteiger partial charge is 0.246 e. The lowest BCUT2D eigenvalue weighted by molar-refractivity contribution is -0.125. The van der Waals surface area contributed by atoms with Crippen LogP contribution in [0.4, 0.5) is 0 Å². The molecule has 0 aliphatic carbocycles. The van der Waals surface area contributed by atoms with Crippen LogP contribution in [0.5, 0.6) is 0 Å². The first kappa shape index (κ1) is 19.5. The zero-order valence-electron chi connectivity index (χ0n) is 16.5. The molecule has 5 heteroatoms. The van der Waals surface area contributed by atoms with Gasteiger partial charge >= 0.3 is 0 Å². The summed E-state index contributed by atoms with van der Waals surface area (Å²) in [5.41, 5.74) is 3.58. The number of carbonyl (C=O) groups excluding carboxylic acids is 1. The van der Waals surface area contributed by atoms with Crippen molar-refractivity contribution < 1.29 is 4.79 Å². The Morgan fingerprint density at radius 2 is 1.96 bits per heavy atom. The zero-order valence-corrected chi connectivity index (χ0v) is 16.5. The second-order valence-electron chi connectivity index (χ2n) is 6.56. The summed E-state index contributed by atoms with van der Waals surface area (Å²) in [4.78, 5) is 18.7. The van der Waals surface area contributed by atoms with Gasteiger partial charge in [-0.1, -0.05) is 31.5 Å². The Morgan fingerprint density at radius 1 is 1.14 bits per heavy atom. The fourth-order valence-electron chi connectivity index (χ4n) is 2.99. The maximum absolute atomic E-state index is 12.6. The van der Waals surface area contributed by atoms with Gasteiger partial charge in [-0.15, -0.1) is 0 Å². The SMILES string of the molecule is CCCCN(CC)C(=O)/C=C/c1cn(-c2ccccc2)nc1-c1cccnc1. The number of pyridine rings is 1. The van der Waals surface area contributed by atoms with Gasteiger partial charge in [0.1, 0.15) is 5.69 Å². The van der Waals surface area contributed by atoms with Gasteiger partial charge in [-0.3, -0.25) is 9.78 Å². The second kappa shape index (κ2) is 9.65. The maximum Gasteiger partial charge on any atom is 0.246 e. The number of amides is 1. The van der Waals surface area contributed by atoms with Crippen molar-refractivity contribution in [3.8, 4) is 16.9 Å². The van der Waals surface area contributed by atoms with E-state index in [-0.39, 0.29) is 5.91 Å². The minimum Gasteiger partial charge on any atom is -0.339 e. The Kier molecular flexibility index (Phi) is 6.73. The molecule has 0 N–H and O–H groups in total. The van der Waals surface area contributed by atoms with Gasteiger partial charge in [-0.2, -0.15) is 5.10 Å². The quantitative estimate of drug-likeness (QED) is 0.542. The zero-order chi connectivity index (χ0) is 19.8. The topological polar surface area (TPSA) is 51.0 Å². The largest absolute Gasteiger partial charge is 0.339 e. The second-order valence-corrected chi connectivity index (χ2v) is 6.56. The van der Waals surface area contributed by atoms with Gasteiger partial charge in [0.05, 0.1) is 5.69 Å². The van der Waals surface area contributed by atoms with Crippen molar-refractivity contribution in [2.24, 2.45) is 0 Å². The summed E-state index contributed by atoms with van der Waals surface area (Å²) >= 11 is 0. The lowest BCUT2D eigenvalue weighted by Gasteiger charge is -2.18. The number of unbranched alkanes of at least 4 members (excludes halogenated alkanes) is 1. The van der Waals surface area contributed by atoms with Crippen LogP contribution in [0.3, 0.4) is 0 Å². The van der Waals surface area contributed by atoms with Crippen LogP contribution in [0.1, 0.15) is 32.3 Å². The molecule has 2 heterocycles. The summed E-state index contributed by atoms with van der Waals surface area (Å²) in [7, 11) is 0. The molecule has 2 aromatic heterocycles. The van der Waals surface area contributed by atoms with Gasteiger partial charge in [-0.05, 0) is 43.7 Å². The summed E-state index contributed by atoms with van der Waals surface area (Å²) in [5.74, 6) is 0.0283. The average Bonchev–Trinajstić information content (AvgIpc) is 3.18. The number of likely N-dealkylation sites (N-methyl/N-ethyl adjacent to an activating group) is 1. The molecule has 0 bridgehead atoms. The highest BCUT2D eigenvalue weighted by Crippen LogP contribution is 2.24. The first-order chi connectivity index (χ1) is 13.7. The minimum absolute atomic E-state index is 0.0283. The van der Waals surface area contributed by atoms with E-state index >= 15 is 0 Å². The third-order valence-electron chi connectivity index (χ3n) is 4.58. The Bertz CT molecular complexity index is 916. The van der Waals surface area contributed by atoms with Crippen molar-refractivity contribution in [2.75, 3.05) is 13.1 Å². The predicted molar refractivity (Wildman–Crippen MR) is 113 cm³/mol. The Hall–Kier alpha value is -3.21. The molecule has 3 rings (SSSR count). The fourth-order valence-corrected chi connectivity index (χ4v) is 2.99. The van der Waals surface area contributed by atoms with E-state index < -0.39 is 0 Å². The molecular weight excluding hydrogens is 348 g/mol. The summed E-state index contributed by atoms with van der Waals surface area (Å²) < 4.78 is 1.83. The Morgan fingerprint density at radius 3 is 2.64 bits per heavy atom. The van der Waals surface area contributed by atoms with E-state index in [1.165, 1.54) is 0 Å². The summed E-state index contributed by atoms with van der Waals surface area (Å²) in [6.45, 7) is 5.64. The number of hydrogen-bond donors (Lipinski definition) is 0. The molecule has 0 saturated carbocycles. The normalized spacial score (nSPS) is 11.1. The highest BCUT2D eigenvalue weighted by molar-refractivity contribution is 5.92. The third-order valence-corrected chi connectivity index (χ3v) is 4.58. The number of nitrogens with zero attached hydrogens (tertiary/aromatic N) is 4. The molecule has 5 nitrogen and oxygen atoms in total. The summed E-state index contributed by atoms with van der Waals surface area (Å²) in [6, 6.07) is 13.8. The van der Waals surface area contributed by atoms with E-state index in [4.69, 9.17) is 5.10 Å². The van der Waals surface area contributed by atoms with Crippen LogP contribution in [0.15, 0.2) is 67.1 Å². The van der Waals surface area contributed by atoms with Crippen LogP contribution >= 0.6 is 0 Å². The van der Waals surface area contributed by atoms with E-state index in [1.807, 2.05) is 71.2 Å². The summed E-state index contributed by atoms with van der Waals surface area (Å²) in [5, 5.41) is 4.74. The van der Waals surface area contributed by atoms with Crippen LogP contribution < -0.4 is 0 Å². The Balaban J connectivity index is 1.92. The first-order valence-electron chi connectivity index (χ1n) is 9.75. The monoisotopic (exact) mass is 374 g/mol. The van der Waals surface area contributed by atoms with Crippen molar-refractivity contribution in [2.45, 2.75) is 26.7 Å². The van der Waals surface area contributed by atoms with Crippen molar-refractivity contribution in [1.82, 2.24) is 19.7 Å². The van der Waals surface area contributed by atoms with Gasteiger partial charge in [0.25, 0.3) is 0 Å². The van der Waals surface area contributed by atoms with E-state index in [0.29, 0.717) is 6.54 Å². The lowest BCUT2D eigenvalue weighted by Crippen LogP contribution is -2.30. The van der Waals surface area contributed by atoms with Crippen molar-refractivity contribution in [3.05, 3.63) is 72.7 Å². The van der Waals surface area contributed by atoms with Gasteiger partial charge in [0, 0.05) is 48.9 Å². The third kappa shape index (κ3) is 4.74. The van der Waals surface area contributed by atoms with Gasteiger partial charge in [0.2, 0.25) is 5.91 Å². The minimum atomic E-state index is 0.0283. The predicted octanol–water partition coefficient (Wildman–Crippen LogP) is 4.60. The molecule has 0 aliphatic heterocycles. The molecule has 28 heavy (non-hydrogen) atoms. The fraction of sp³-hybridized carbons (Fsp3) is 0.261. The highest BCUT2D eigenvalue weighted by Gasteiger charge is 2.12. The number of para-hydroxylation sites is 1. The molecule has 3 aromatic rings. The number of aromatic nitrogens is 3. The molecule has 0 fully saturated rings. The molecule has 0 atom stereocenters. The van der Waals surface area contributed by atoms with E-state index in [0.717, 1.165) is 41.9 Å². The number of carbonyl (C=O) groups is 1. The van der Waals surface area contributed by atoms with Gasteiger partial charge in [-0.25, -0.2) is 4.68 Å². The van der Waals surface area contributed by atoms with Crippen LogP contribution in [0, 0.1) is 0 Å². The summed E-state index contributed by atoms with van der Waals surface area (Å²) in [6.07, 6.45) is 11.1. The highest BCUT2D eigenvalue weighted by atomic mass is 16.2. The van der Waals surface area contributed by atoms with E-state index in [1.54, 1.807) is 18.5 Å². The molecule has 0 spiro atoms. The molecule has 0 unspecified atom stereocenters. The molecule has 0 saturated heterocycles. The number of hydrogen-bond acceptors (Lipinski definition) is 3. The molecule has 144 valence electrons. The standard InChI is InChI=1S/C23H26N4O/c1-3-5-16-26(4-2)22(28)14-13-20-18-27(21-11-7-6-8-12-21)25-23(20)19-10-9-15-24-17-19/h6-15,17-18H,3-5,16H2,1-2H3/b14-13+. The molecule has 1 amide bonds. The van der Waals surface area contributed by atoms with Gasteiger partial charge in [0.15, 0.2) is 0 Å². The molecular formula is C23H26N4O. The first-order valence-corrected chi connectivity index (χ1v) is 9.75. The maximum atomic E-state index is 12.6. The molecule has 1 aromatic carbocycles. The van der Waals surface area contributed by atoms with Gasteiger partial charge < -0.3 is 4.90 Å². The average molecular weight is 374 g/mol.